The van der Waals surface area contributed by atoms with E-state index in [4.69, 9.17) is 16.6 Å². The van der Waals surface area contributed by atoms with E-state index in [1.54, 1.807) is 0 Å². The number of alkyl halides is 1. The SMILES string of the molecule is Cc1nc(N(CCC(C)C)C2CCCC2)ncc1CCl. The minimum atomic E-state index is 0.488. The summed E-state index contributed by atoms with van der Waals surface area (Å²) in [6.45, 7) is 7.63. The molecule has 1 saturated carbocycles. The lowest BCUT2D eigenvalue weighted by molar-refractivity contribution is 0.520. The summed E-state index contributed by atoms with van der Waals surface area (Å²) in [5.41, 5.74) is 2.04. The molecule has 0 bridgehead atoms. The molecule has 1 aromatic rings. The van der Waals surface area contributed by atoms with Crippen LogP contribution >= 0.6 is 11.6 Å². The molecule has 2 rings (SSSR count). The maximum atomic E-state index is 5.90. The molecule has 20 heavy (non-hydrogen) atoms. The predicted molar refractivity (Wildman–Crippen MR) is 85.4 cm³/mol. The van der Waals surface area contributed by atoms with Crippen LogP contribution in [0.25, 0.3) is 0 Å². The molecular formula is C16H26ClN3. The number of anilines is 1. The highest BCUT2D eigenvalue weighted by Crippen LogP contribution is 2.27. The third-order valence-corrected chi connectivity index (χ3v) is 4.47. The van der Waals surface area contributed by atoms with Gasteiger partial charge in [-0.1, -0.05) is 26.7 Å². The van der Waals surface area contributed by atoms with Gasteiger partial charge >= 0.3 is 0 Å². The van der Waals surface area contributed by atoms with Crippen molar-refractivity contribution in [2.24, 2.45) is 5.92 Å². The summed E-state index contributed by atoms with van der Waals surface area (Å²) < 4.78 is 0. The third-order valence-electron chi connectivity index (χ3n) is 4.18. The summed E-state index contributed by atoms with van der Waals surface area (Å²) in [6, 6.07) is 0.620. The van der Waals surface area contributed by atoms with Crippen molar-refractivity contribution in [3.63, 3.8) is 0 Å². The standard InChI is InChI=1S/C16H26ClN3/c1-12(2)8-9-20(15-6-4-5-7-15)16-18-11-14(10-17)13(3)19-16/h11-12,15H,4-10H2,1-3H3. The van der Waals surface area contributed by atoms with Crippen molar-refractivity contribution >= 4 is 17.5 Å². The maximum absolute atomic E-state index is 5.90. The van der Waals surface area contributed by atoms with Crippen LogP contribution in [0.2, 0.25) is 0 Å². The smallest absolute Gasteiger partial charge is 0.225 e. The van der Waals surface area contributed by atoms with Gasteiger partial charge in [0.1, 0.15) is 0 Å². The molecule has 0 saturated heterocycles. The molecule has 1 aromatic heterocycles. The zero-order chi connectivity index (χ0) is 14.5. The molecule has 1 aliphatic rings. The van der Waals surface area contributed by atoms with Crippen LogP contribution in [0.4, 0.5) is 5.95 Å². The molecule has 0 N–H and O–H groups in total. The highest BCUT2D eigenvalue weighted by Gasteiger charge is 2.24. The van der Waals surface area contributed by atoms with E-state index < -0.39 is 0 Å². The molecule has 0 aromatic carbocycles. The molecule has 1 heterocycles. The lowest BCUT2D eigenvalue weighted by Gasteiger charge is -2.30. The van der Waals surface area contributed by atoms with E-state index >= 15 is 0 Å². The number of rotatable bonds is 6. The fourth-order valence-corrected chi connectivity index (χ4v) is 3.07. The Morgan fingerprint density at radius 3 is 2.60 bits per heavy atom. The second-order valence-electron chi connectivity index (χ2n) is 6.23. The van der Waals surface area contributed by atoms with Gasteiger partial charge in [-0.3, -0.25) is 0 Å². The number of halogens is 1. The molecule has 0 amide bonds. The summed E-state index contributed by atoms with van der Waals surface area (Å²) in [5, 5.41) is 0. The molecule has 0 radical (unpaired) electrons. The van der Waals surface area contributed by atoms with E-state index in [0.29, 0.717) is 17.8 Å². The summed E-state index contributed by atoms with van der Waals surface area (Å²) in [6.07, 6.45) is 8.30. The monoisotopic (exact) mass is 295 g/mol. The van der Waals surface area contributed by atoms with Crippen LogP contribution in [0.5, 0.6) is 0 Å². The number of aromatic nitrogens is 2. The van der Waals surface area contributed by atoms with Crippen molar-refractivity contribution in [2.45, 2.75) is 64.8 Å². The predicted octanol–water partition coefficient (Wildman–Crippen LogP) is 4.32. The molecule has 112 valence electrons. The normalized spacial score (nSPS) is 16.1. The zero-order valence-electron chi connectivity index (χ0n) is 12.9. The van der Waals surface area contributed by atoms with Crippen LogP contribution < -0.4 is 4.90 Å². The van der Waals surface area contributed by atoms with Crippen LogP contribution in [-0.4, -0.2) is 22.6 Å². The first-order chi connectivity index (χ1) is 9.61. The van der Waals surface area contributed by atoms with Gasteiger partial charge in [0.15, 0.2) is 0 Å². The van der Waals surface area contributed by atoms with Crippen molar-refractivity contribution in [2.75, 3.05) is 11.4 Å². The number of aryl methyl sites for hydroxylation is 1. The lowest BCUT2D eigenvalue weighted by Crippen LogP contribution is -2.36. The van der Waals surface area contributed by atoms with E-state index in [-0.39, 0.29) is 0 Å². The Labute approximate surface area is 127 Å². The summed E-state index contributed by atoms with van der Waals surface area (Å²) in [4.78, 5) is 11.7. The Morgan fingerprint density at radius 1 is 1.35 bits per heavy atom. The molecule has 4 heteroatoms. The average Bonchev–Trinajstić information content (AvgIpc) is 2.93. The highest BCUT2D eigenvalue weighted by molar-refractivity contribution is 6.17. The molecule has 1 aliphatic carbocycles. The quantitative estimate of drug-likeness (QED) is 0.732. The van der Waals surface area contributed by atoms with Gasteiger partial charge in [0.05, 0.1) is 5.88 Å². The number of hydrogen-bond acceptors (Lipinski definition) is 3. The maximum Gasteiger partial charge on any atom is 0.225 e. The van der Waals surface area contributed by atoms with Crippen LogP contribution in [0.3, 0.4) is 0 Å². The van der Waals surface area contributed by atoms with E-state index in [9.17, 15) is 0 Å². The van der Waals surface area contributed by atoms with Crippen molar-refractivity contribution in [1.82, 2.24) is 9.97 Å². The first-order valence-electron chi connectivity index (χ1n) is 7.77. The Balaban J connectivity index is 2.18. The van der Waals surface area contributed by atoms with Gasteiger partial charge in [-0.2, -0.15) is 0 Å². The first kappa shape index (κ1) is 15.6. The van der Waals surface area contributed by atoms with Crippen LogP contribution in [-0.2, 0) is 5.88 Å². The Kier molecular flexibility index (Phi) is 5.64. The van der Waals surface area contributed by atoms with E-state index in [2.05, 4.69) is 23.7 Å². The minimum Gasteiger partial charge on any atom is -0.338 e. The van der Waals surface area contributed by atoms with E-state index in [1.807, 2.05) is 13.1 Å². The third kappa shape index (κ3) is 3.85. The topological polar surface area (TPSA) is 29.0 Å². The summed E-state index contributed by atoms with van der Waals surface area (Å²) >= 11 is 5.90. The zero-order valence-corrected chi connectivity index (χ0v) is 13.7. The van der Waals surface area contributed by atoms with Crippen molar-refractivity contribution in [3.8, 4) is 0 Å². The van der Waals surface area contributed by atoms with Crippen LogP contribution in [0.1, 0.15) is 57.2 Å². The molecule has 0 aliphatic heterocycles. The van der Waals surface area contributed by atoms with Crippen LogP contribution in [0.15, 0.2) is 6.20 Å². The van der Waals surface area contributed by atoms with Gasteiger partial charge < -0.3 is 4.90 Å². The average molecular weight is 296 g/mol. The minimum absolute atomic E-state index is 0.488. The lowest BCUT2D eigenvalue weighted by atomic mass is 10.1. The summed E-state index contributed by atoms with van der Waals surface area (Å²) in [7, 11) is 0. The van der Waals surface area contributed by atoms with Gasteiger partial charge in [-0.15, -0.1) is 11.6 Å². The number of hydrogen-bond donors (Lipinski definition) is 0. The van der Waals surface area contributed by atoms with Crippen LogP contribution in [0, 0.1) is 12.8 Å². The highest BCUT2D eigenvalue weighted by atomic mass is 35.5. The van der Waals surface area contributed by atoms with Crippen molar-refractivity contribution in [1.29, 1.82) is 0 Å². The fraction of sp³-hybridized carbons (Fsp3) is 0.750. The van der Waals surface area contributed by atoms with Crippen molar-refractivity contribution in [3.05, 3.63) is 17.5 Å². The summed E-state index contributed by atoms with van der Waals surface area (Å²) in [5.74, 6) is 2.09. The molecule has 0 atom stereocenters. The Bertz CT molecular complexity index is 428. The number of nitrogens with zero attached hydrogens (tertiary/aromatic N) is 3. The molecule has 3 nitrogen and oxygen atoms in total. The first-order valence-corrected chi connectivity index (χ1v) is 8.30. The van der Waals surface area contributed by atoms with Gasteiger partial charge in [0.25, 0.3) is 0 Å². The van der Waals surface area contributed by atoms with E-state index in [0.717, 1.165) is 23.8 Å². The second kappa shape index (κ2) is 7.26. The molecule has 0 unspecified atom stereocenters. The Morgan fingerprint density at radius 2 is 2.05 bits per heavy atom. The van der Waals surface area contributed by atoms with Gasteiger partial charge in [0.2, 0.25) is 5.95 Å². The van der Waals surface area contributed by atoms with Gasteiger partial charge in [-0.25, -0.2) is 9.97 Å². The Hall–Kier alpha value is -0.830. The fourth-order valence-electron chi connectivity index (χ4n) is 2.81. The molecule has 0 spiro atoms. The largest absolute Gasteiger partial charge is 0.338 e. The van der Waals surface area contributed by atoms with Gasteiger partial charge in [-0.05, 0) is 32.1 Å². The molecule has 1 fully saturated rings. The van der Waals surface area contributed by atoms with E-state index in [1.165, 1.54) is 32.1 Å². The van der Waals surface area contributed by atoms with Gasteiger partial charge in [0, 0.05) is 30.0 Å². The second-order valence-corrected chi connectivity index (χ2v) is 6.50. The molecular weight excluding hydrogens is 270 g/mol. The van der Waals surface area contributed by atoms with Crippen molar-refractivity contribution < 1.29 is 0 Å².